The normalized spacial score (nSPS) is 13.6. The van der Waals surface area contributed by atoms with Crippen molar-refractivity contribution in [2.24, 2.45) is 0 Å². The average Bonchev–Trinajstić information content (AvgIpc) is 2.48. The summed E-state index contributed by atoms with van der Waals surface area (Å²) in [6.07, 6.45) is 0.344. The van der Waals surface area contributed by atoms with Gasteiger partial charge in [0.25, 0.3) is 0 Å². The van der Waals surface area contributed by atoms with E-state index in [1.54, 1.807) is 51.5 Å². The summed E-state index contributed by atoms with van der Waals surface area (Å²) in [5, 5.41) is 10.8. The first kappa shape index (κ1) is 15.3. The summed E-state index contributed by atoms with van der Waals surface area (Å²) in [5.74, 6) is 0.936. The largest absolute Gasteiger partial charge is 0.497 e. The molecule has 2 aromatic rings. The molecule has 0 radical (unpaired) electrons. The standard InChI is InChI=1S/C17H19FO3/c1-17(19,11-12-4-6-13(18)7-5-12)15-10-14(20-2)8-9-16(15)21-3/h4-10,19H,11H2,1-3H3. The van der Waals surface area contributed by atoms with E-state index in [1.165, 1.54) is 12.1 Å². The molecule has 21 heavy (non-hydrogen) atoms. The highest BCUT2D eigenvalue weighted by Gasteiger charge is 2.28. The second kappa shape index (κ2) is 6.14. The van der Waals surface area contributed by atoms with Gasteiger partial charge in [-0.3, -0.25) is 0 Å². The van der Waals surface area contributed by atoms with Gasteiger partial charge in [0, 0.05) is 12.0 Å². The van der Waals surface area contributed by atoms with Crippen LogP contribution in [0.4, 0.5) is 4.39 Å². The Morgan fingerprint density at radius 2 is 1.71 bits per heavy atom. The van der Waals surface area contributed by atoms with E-state index in [2.05, 4.69) is 0 Å². The molecule has 2 rings (SSSR count). The molecule has 1 N–H and O–H groups in total. The molecule has 0 fully saturated rings. The van der Waals surface area contributed by atoms with Crippen LogP contribution in [0.2, 0.25) is 0 Å². The number of benzene rings is 2. The van der Waals surface area contributed by atoms with E-state index in [1.807, 2.05) is 0 Å². The molecule has 0 heterocycles. The molecular weight excluding hydrogens is 271 g/mol. The third-order valence-corrected chi connectivity index (χ3v) is 3.45. The van der Waals surface area contributed by atoms with Gasteiger partial charge in [-0.1, -0.05) is 12.1 Å². The molecule has 0 bridgehead atoms. The van der Waals surface area contributed by atoms with E-state index >= 15 is 0 Å². The third kappa shape index (κ3) is 3.52. The predicted molar refractivity (Wildman–Crippen MR) is 79.2 cm³/mol. The number of ether oxygens (including phenoxy) is 2. The molecule has 0 amide bonds. The molecule has 4 heteroatoms. The molecule has 3 nitrogen and oxygen atoms in total. The van der Waals surface area contributed by atoms with Gasteiger partial charge in [0.15, 0.2) is 0 Å². The van der Waals surface area contributed by atoms with Gasteiger partial charge in [-0.15, -0.1) is 0 Å². The van der Waals surface area contributed by atoms with Crippen LogP contribution in [0, 0.1) is 5.82 Å². The topological polar surface area (TPSA) is 38.7 Å². The molecule has 0 saturated heterocycles. The molecule has 1 unspecified atom stereocenters. The van der Waals surface area contributed by atoms with Gasteiger partial charge >= 0.3 is 0 Å². The van der Waals surface area contributed by atoms with Crippen molar-refractivity contribution >= 4 is 0 Å². The Balaban J connectivity index is 2.35. The Labute approximate surface area is 124 Å². The Bertz CT molecular complexity index is 606. The summed E-state index contributed by atoms with van der Waals surface area (Å²) < 4.78 is 23.5. The van der Waals surface area contributed by atoms with Crippen molar-refractivity contribution in [3.05, 3.63) is 59.4 Å². The molecule has 0 aromatic heterocycles. The number of halogens is 1. The zero-order chi connectivity index (χ0) is 15.5. The van der Waals surface area contributed by atoms with E-state index in [-0.39, 0.29) is 5.82 Å². The maximum absolute atomic E-state index is 13.0. The minimum absolute atomic E-state index is 0.294. The number of aliphatic hydroxyl groups is 1. The van der Waals surface area contributed by atoms with Crippen LogP contribution >= 0.6 is 0 Å². The molecule has 112 valence electrons. The van der Waals surface area contributed by atoms with E-state index in [0.717, 1.165) is 5.56 Å². The SMILES string of the molecule is COc1ccc(OC)c(C(C)(O)Cc2ccc(F)cc2)c1. The lowest BCUT2D eigenvalue weighted by Gasteiger charge is -2.26. The van der Waals surface area contributed by atoms with Crippen molar-refractivity contribution in [1.82, 2.24) is 0 Å². The minimum atomic E-state index is -1.16. The second-order valence-electron chi connectivity index (χ2n) is 5.14. The summed E-state index contributed by atoms with van der Waals surface area (Å²) in [6.45, 7) is 1.70. The van der Waals surface area contributed by atoms with Gasteiger partial charge in [-0.2, -0.15) is 0 Å². The lowest BCUT2D eigenvalue weighted by molar-refractivity contribution is 0.0547. The first-order valence-electron chi connectivity index (χ1n) is 6.65. The van der Waals surface area contributed by atoms with Crippen LogP contribution < -0.4 is 9.47 Å². The van der Waals surface area contributed by atoms with Crippen LogP contribution in [0.3, 0.4) is 0 Å². The van der Waals surface area contributed by atoms with Gasteiger partial charge < -0.3 is 14.6 Å². The van der Waals surface area contributed by atoms with Crippen LogP contribution in [0.15, 0.2) is 42.5 Å². The monoisotopic (exact) mass is 290 g/mol. The van der Waals surface area contributed by atoms with Crippen LogP contribution in [-0.4, -0.2) is 19.3 Å². The van der Waals surface area contributed by atoms with Gasteiger partial charge in [-0.25, -0.2) is 4.39 Å². The number of rotatable bonds is 5. The van der Waals surface area contributed by atoms with Crippen LogP contribution in [0.5, 0.6) is 11.5 Å². The van der Waals surface area contributed by atoms with Crippen molar-refractivity contribution in [1.29, 1.82) is 0 Å². The van der Waals surface area contributed by atoms with E-state index in [4.69, 9.17) is 9.47 Å². The zero-order valence-corrected chi connectivity index (χ0v) is 12.4. The van der Waals surface area contributed by atoms with Crippen molar-refractivity contribution in [3.63, 3.8) is 0 Å². The fourth-order valence-electron chi connectivity index (χ4n) is 2.33. The Morgan fingerprint density at radius 1 is 1.05 bits per heavy atom. The zero-order valence-electron chi connectivity index (χ0n) is 12.4. The minimum Gasteiger partial charge on any atom is -0.497 e. The molecule has 0 aliphatic heterocycles. The molecule has 0 spiro atoms. The van der Waals surface area contributed by atoms with Gasteiger partial charge in [0.1, 0.15) is 17.3 Å². The second-order valence-corrected chi connectivity index (χ2v) is 5.14. The number of methoxy groups -OCH3 is 2. The molecule has 0 aliphatic carbocycles. The molecule has 0 saturated carbocycles. The van der Waals surface area contributed by atoms with Crippen LogP contribution in [0.1, 0.15) is 18.1 Å². The van der Waals surface area contributed by atoms with Gasteiger partial charge in [0.05, 0.1) is 19.8 Å². The van der Waals surface area contributed by atoms with Crippen molar-refractivity contribution in [3.8, 4) is 11.5 Å². The molecule has 2 aromatic carbocycles. The van der Waals surface area contributed by atoms with Gasteiger partial charge in [-0.05, 0) is 42.8 Å². The van der Waals surface area contributed by atoms with Crippen molar-refractivity contribution < 1.29 is 19.0 Å². The number of hydrogen-bond acceptors (Lipinski definition) is 3. The smallest absolute Gasteiger partial charge is 0.125 e. The average molecular weight is 290 g/mol. The first-order chi connectivity index (χ1) is 9.96. The van der Waals surface area contributed by atoms with Crippen molar-refractivity contribution in [2.45, 2.75) is 18.9 Å². The Hall–Kier alpha value is -2.07. The third-order valence-electron chi connectivity index (χ3n) is 3.45. The quantitative estimate of drug-likeness (QED) is 0.918. The summed E-state index contributed by atoms with van der Waals surface area (Å²) in [7, 11) is 3.12. The van der Waals surface area contributed by atoms with E-state index in [9.17, 15) is 9.50 Å². The summed E-state index contributed by atoms with van der Waals surface area (Å²) in [4.78, 5) is 0. The van der Waals surface area contributed by atoms with E-state index < -0.39 is 5.60 Å². The molecule has 0 aliphatic rings. The highest BCUT2D eigenvalue weighted by molar-refractivity contribution is 5.44. The van der Waals surface area contributed by atoms with E-state index in [0.29, 0.717) is 23.5 Å². The highest BCUT2D eigenvalue weighted by Crippen LogP contribution is 2.35. The highest BCUT2D eigenvalue weighted by atomic mass is 19.1. The van der Waals surface area contributed by atoms with Crippen LogP contribution in [0.25, 0.3) is 0 Å². The fourth-order valence-corrected chi connectivity index (χ4v) is 2.33. The Morgan fingerprint density at radius 3 is 2.29 bits per heavy atom. The lowest BCUT2D eigenvalue weighted by Crippen LogP contribution is -2.25. The van der Waals surface area contributed by atoms with Gasteiger partial charge in [0.2, 0.25) is 0 Å². The summed E-state index contributed by atoms with van der Waals surface area (Å²) in [5.41, 5.74) is 0.317. The number of hydrogen-bond donors (Lipinski definition) is 1. The Kier molecular flexibility index (Phi) is 4.48. The summed E-state index contributed by atoms with van der Waals surface area (Å²) >= 11 is 0. The molecular formula is C17H19FO3. The maximum atomic E-state index is 13.0. The van der Waals surface area contributed by atoms with Crippen molar-refractivity contribution in [2.75, 3.05) is 14.2 Å². The summed E-state index contributed by atoms with van der Waals surface area (Å²) in [6, 6.07) is 11.4. The predicted octanol–water partition coefficient (Wildman–Crippen LogP) is 3.29. The molecule has 1 atom stereocenters. The van der Waals surface area contributed by atoms with Crippen LogP contribution in [-0.2, 0) is 12.0 Å². The lowest BCUT2D eigenvalue weighted by atomic mass is 9.88. The fraction of sp³-hybridized carbons (Fsp3) is 0.294. The first-order valence-corrected chi connectivity index (χ1v) is 6.65. The maximum Gasteiger partial charge on any atom is 0.125 e.